The number of ether oxygens (including phenoxy) is 1. The molecule has 0 radical (unpaired) electrons. The van der Waals surface area contributed by atoms with Crippen molar-refractivity contribution in [2.75, 3.05) is 12.4 Å². The van der Waals surface area contributed by atoms with Gasteiger partial charge in [0.25, 0.3) is 0 Å². The molecule has 1 unspecified atom stereocenters. The van der Waals surface area contributed by atoms with Crippen molar-refractivity contribution < 1.29 is 14.3 Å². The van der Waals surface area contributed by atoms with Gasteiger partial charge in [-0.15, -0.1) is 0 Å². The second kappa shape index (κ2) is 8.78. The third-order valence-corrected chi connectivity index (χ3v) is 4.49. The van der Waals surface area contributed by atoms with Crippen molar-refractivity contribution in [2.45, 2.75) is 45.6 Å². The first-order chi connectivity index (χ1) is 13.1. The SMILES string of the molecule is COc1ccc(C(C)(C)C)cc1NC(=O)CC(NC(N)=O)c1cccc(C)c1. The van der Waals surface area contributed by atoms with E-state index in [0.29, 0.717) is 11.4 Å². The standard InChI is InChI=1S/C22H29N3O3/c1-14-7-6-8-15(11-14)17(25-21(23)27)13-20(26)24-18-12-16(22(2,3)4)9-10-19(18)28-5/h6-12,17H,13H2,1-5H3,(H,24,26)(H3,23,25,27). The van der Waals surface area contributed by atoms with Gasteiger partial charge in [-0.25, -0.2) is 4.79 Å². The minimum atomic E-state index is -0.674. The molecular weight excluding hydrogens is 354 g/mol. The van der Waals surface area contributed by atoms with E-state index in [1.165, 1.54) is 0 Å². The number of hydrogen-bond acceptors (Lipinski definition) is 3. The van der Waals surface area contributed by atoms with E-state index in [1.807, 2.05) is 49.4 Å². The van der Waals surface area contributed by atoms with E-state index in [1.54, 1.807) is 7.11 Å². The average Bonchev–Trinajstić information content (AvgIpc) is 2.60. The molecule has 0 saturated carbocycles. The number of nitrogens with two attached hydrogens (primary N) is 1. The topological polar surface area (TPSA) is 93.4 Å². The summed E-state index contributed by atoms with van der Waals surface area (Å²) in [4.78, 5) is 24.2. The molecule has 150 valence electrons. The zero-order valence-corrected chi connectivity index (χ0v) is 17.1. The maximum Gasteiger partial charge on any atom is 0.312 e. The number of primary amides is 1. The minimum absolute atomic E-state index is 0.0509. The molecule has 0 fully saturated rings. The lowest BCUT2D eigenvalue weighted by atomic mass is 9.87. The fraction of sp³-hybridized carbons (Fsp3) is 0.364. The van der Waals surface area contributed by atoms with E-state index in [9.17, 15) is 9.59 Å². The molecule has 28 heavy (non-hydrogen) atoms. The molecule has 2 rings (SSSR count). The van der Waals surface area contributed by atoms with E-state index in [4.69, 9.17) is 10.5 Å². The molecule has 6 nitrogen and oxygen atoms in total. The summed E-state index contributed by atoms with van der Waals surface area (Å²) >= 11 is 0. The van der Waals surface area contributed by atoms with Gasteiger partial charge in [0, 0.05) is 0 Å². The number of hydrogen-bond donors (Lipinski definition) is 3. The van der Waals surface area contributed by atoms with Gasteiger partial charge >= 0.3 is 6.03 Å². The van der Waals surface area contributed by atoms with Crippen LogP contribution in [0, 0.1) is 6.92 Å². The lowest BCUT2D eigenvalue weighted by Crippen LogP contribution is -2.35. The summed E-state index contributed by atoms with van der Waals surface area (Å²) in [7, 11) is 1.56. The Morgan fingerprint density at radius 2 is 1.86 bits per heavy atom. The van der Waals surface area contributed by atoms with E-state index in [-0.39, 0.29) is 17.7 Å². The second-order valence-corrected chi connectivity index (χ2v) is 7.89. The van der Waals surface area contributed by atoms with E-state index in [0.717, 1.165) is 16.7 Å². The van der Waals surface area contributed by atoms with Crippen LogP contribution >= 0.6 is 0 Å². The summed E-state index contributed by atoms with van der Waals surface area (Å²) in [6.07, 6.45) is 0.0509. The van der Waals surface area contributed by atoms with Gasteiger partial charge in [0.05, 0.1) is 25.3 Å². The Labute approximate surface area is 166 Å². The van der Waals surface area contributed by atoms with Crippen LogP contribution in [0.3, 0.4) is 0 Å². The van der Waals surface area contributed by atoms with Gasteiger partial charge in [-0.2, -0.15) is 0 Å². The van der Waals surface area contributed by atoms with Crippen molar-refractivity contribution in [3.63, 3.8) is 0 Å². The quantitative estimate of drug-likeness (QED) is 0.703. The zero-order chi connectivity index (χ0) is 20.9. The predicted octanol–water partition coefficient (Wildman–Crippen LogP) is 4.04. The van der Waals surface area contributed by atoms with Crippen LogP contribution in [0.25, 0.3) is 0 Å². The maximum absolute atomic E-state index is 12.7. The number of anilines is 1. The Hall–Kier alpha value is -3.02. The third kappa shape index (κ3) is 5.74. The molecule has 2 aromatic rings. The molecule has 0 heterocycles. The molecule has 1 atom stereocenters. The van der Waals surface area contributed by atoms with Crippen molar-refractivity contribution >= 4 is 17.6 Å². The van der Waals surface area contributed by atoms with Crippen molar-refractivity contribution in [1.29, 1.82) is 0 Å². The van der Waals surface area contributed by atoms with Crippen molar-refractivity contribution in [2.24, 2.45) is 5.73 Å². The van der Waals surface area contributed by atoms with Gasteiger partial charge in [0.1, 0.15) is 5.75 Å². The minimum Gasteiger partial charge on any atom is -0.495 e. The number of amides is 3. The zero-order valence-electron chi connectivity index (χ0n) is 17.1. The number of aryl methyl sites for hydroxylation is 1. The monoisotopic (exact) mass is 383 g/mol. The fourth-order valence-electron chi connectivity index (χ4n) is 2.97. The Morgan fingerprint density at radius 1 is 1.14 bits per heavy atom. The van der Waals surface area contributed by atoms with Crippen LogP contribution in [-0.4, -0.2) is 19.0 Å². The van der Waals surface area contributed by atoms with Gasteiger partial charge in [-0.05, 0) is 35.6 Å². The summed E-state index contributed by atoms with van der Waals surface area (Å²) in [5.74, 6) is 0.334. The molecule has 0 bridgehead atoms. The Morgan fingerprint density at radius 3 is 2.43 bits per heavy atom. The highest BCUT2D eigenvalue weighted by Crippen LogP contribution is 2.32. The molecule has 4 N–H and O–H groups in total. The van der Waals surface area contributed by atoms with Crippen LogP contribution in [0.15, 0.2) is 42.5 Å². The van der Waals surface area contributed by atoms with Crippen LogP contribution in [0.4, 0.5) is 10.5 Å². The number of carbonyl (C=O) groups excluding carboxylic acids is 2. The largest absolute Gasteiger partial charge is 0.495 e. The lowest BCUT2D eigenvalue weighted by molar-refractivity contribution is -0.116. The third-order valence-electron chi connectivity index (χ3n) is 4.49. The van der Waals surface area contributed by atoms with Crippen LogP contribution in [0.2, 0.25) is 0 Å². The van der Waals surface area contributed by atoms with Gasteiger partial charge < -0.3 is 21.1 Å². The molecule has 0 spiro atoms. The van der Waals surface area contributed by atoms with Crippen LogP contribution in [-0.2, 0) is 10.2 Å². The molecule has 0 aliphatic rings. The highest BCUT2D eigenvalue weighted by Gasteiger charge is 2.20. The van der Waals surface area contributed by atoms with Crippen molar-refractivity contribution in [1.82, 2.24) is 5.32 Å². The Balaban J connectivity index is 2.24. The smallest absolute Gasteiger partial charge is 0.312 e. The molecule has 3 amide bonds. The first kappa shape index (κ1) is 21.3. The number of methoxy groups -OCH3 is 1. The molecule has 2 aromatic carbocycles. The number of benzene rings is 2. The predicted molar refractivity (Wildman–Crippen MR) is 112 cm³/mol. The summed E-state index contributed by atoms with van der Waals surface area (Å²) in [5, 5.41) is 5.56. The summed E-state index contributed by atoms with van der Waals surface area (Å²) in [6.45, 7) is 8.26. The normalized spacial score (nSPS) is 12.2. The molecule has 0 aliphatic carbocycles. The van der Waals surface area contributed by atoms with Crippen molar-refractivity contribution in [3.05, 3.63) is 59.2 Å². The lowest BCUT2D eigenvalue weighted by Gasteiger charge is -2.22. The van der Waals surface area contributed by atoms with E-state index < -0.39 is 12.1 Å². The summed E-state index contributed by atoms with van der Waals surface area (Å²) < 4.78 is 5.38. The highest BCUT2D eigenvalue weighted by atomic mass is 16.5. The van der Waals surface area contributed by atoms with Crippen LogP contribution in [0.1, 0.15) is 49.9 Å². The first-order valence-electron chi connectivity index (χ1n) is 9.21. The number of rotatable bonds is 6. The van der Waals surface area contributed by atoms with Gasteiger partial charge in [-0.1, -0.05) is 56.7 Å². The highest BCUT2D eigenvalue weighted by molar-refractivity contribution is 5.93. The molecular formula is C22H29N3O3. The number of carbonyl (C=O) groups is 2. The molecule has 0 saturated heterocycles. The summed E-state index contributed by atoms with van der Waals surface area (Å²) in [6, 6.07) is 12.2. The van der Waals surface area contributed by atoms with E-state index >= 15 is 0 Å². The van der Waals surface area contributed by atoms with Gasteiger partial charge in [0.15, 0.2) is 0 Å². The summed E-state index contributed by atoms with van der Waals surface area (Å²) in [5.41, 5.74) is 8.78. The van der Waals surface area contributed by atoms with E-state index in [2.05, 4.69) is 31.4 Å². The van der Waals surface area contributed by atoms with Gasteiger partial charge in [0.2, 0.25) is 5.91 Å². The Kier molecular flexibility index (Phi) is 6.67. The van der Waals surface area contributed by atoms with Crippen LogP contribution < -0.4 is 21.1 Å². The van der Waals surface area contributed by atoms with Crippen molar-refractivity contribution in [3.8, 4) is 5.75 Å². The fourth-order valence-corrected chi connectivity index (χ4v) is 2.97. The number of urea groups is 1. The molecule has 6 heteroatoms. The first-order valence-corrected chi connectivity index (χ1v) is 9.21. The molecule has 0 aliphatic heterocycles. The van der Waals surface area contributed by atoms with Gasteiger partial charge in [-0.3, -0.25) is 4.79 Å². The second-order valence-electron chi connectivity index (χ2n) is 7.89. The average molecular weight is 383 g/mol. The Bertz CT molecular complexity index is 856. The maximum atomic E-state index is 12.7. The molecule has 0 aromatic heterocycles. The number of nitrogens with one attached hydrogen (secondary N) is 2. The van der Waals surface area contributed by atoms with Crippen LogP contribution in [0.5, 0.6) is 5.75 Å².